The fraction of sp³-hybridized carbons (Fsp3) is 0.0833. The van der Waals surface area contributed by atoms with E-state index in [2.05, 4.69) is 45.2 Å². The molecule has 4 nitrogen and oxygen atoms in total. The summed E-state index contributed by atoms with van der Waals surface area (Å²) in [6.07, 6.45) is 1.84. The molecule has 1 fully saturated rings. The van der Waals surface area contributed by atoms with Gasteiger partial charge in [-0.2, -0.15) is 0 Å². The molecule has 168 valence electrons. The van der Waals surface area contributed by atoms with E-state index in [9.17, 15) is 4.79 Å². The standard InChI is InChI=1S/C24H16ClI2NO3S2/c1-30-20-8-7-17(12-18(20)25)28-23(29)21(33-24(28)32)10-15-9-16(26)11-19(27)22(15)31-13-14-5-3-2-4-6-14/h2-12H,13H2,1H3/b21-10+. The number of halogens is 3. The highest BCUT2D eigenvalue weighted by Gasteiger charge is 2.34. The molecule has 0 aliphatic carbocycles. The predicted octanol–water partition coefficient (Wildman–Crippen LogP) is 7.54. The van der Waals surface area contributed by atoms with Crippen molar-refractivity contribution >= 4 is 103 Å². The summed E-state index contributed by atoms with van der Waals surface area (Å²) in [5.74, 6) is 1.07. The van der Waals surface area contributed by atoms with Gasteiger partial charge >= 0.3 is 0 Å². The molecule has 3 aromatic rings. The summed E-state index contributed by atoms with van der Waals surface area (Å²) in [4.78, 5) is 15.3. The summed E-state index contributed by atoms with van der Waals surface area (Å²) in [5, 5.41) is 0.414. The fourth-order valence-electron chi connectivity index (χ4n) is 3.20. The van der Waals surface area contributed by atoms with E-state index in [0.29, 0.717) is 32.3 Å². The molecule has 0 aromatic heterocycles. The van der Waals surface area contributed by atoms with Crippen LogP contribution in [0.3, 0.4) is 0 Å². The van der Waals surface area contributed by atoms with Gasteiger partial charge in [-0.1, -0.05) is 65.9 Å². The molecule has 0 bridgehead atoms. The Morgan fingerprint density at radius 1 is 1.12 bits per heavy atom. The first-order valence-electron chi connectivity index (χ1n) is 9.64. The first-order valence-corrected chi connectivity index (χ1v) is 13.4. The Balaban J connectivity index is 1.65. The first kappa shape index (κ1) is 24.8. The van der Waals surface area contributed by atoms with Gasteiger partial charge in [0.1, 0.15) is 18.1 Å². The van der Waals surface area contributed by atoms with Crippen molar-refractivity contribution in [2.24, 2.45) is 0 Å². The van der Waals surface area contributed by atoms with Crippen molar-refractivity contribution in [1.82, 2.24) is 0 Å². The van der Waals surface area contributed by atoms with Crippen molar-refractivity contribution in [3.8, 4) is 11.5 Å². The normalized spacial score (nSPS) is 14.8. The largest absolute Gasteiger partial charge is 0.495 e. The van der Waals surface area contributed by atoms with E-state index in [1.165, 1.54) is 16.7 Å². The Labute approximate surface area is 233 Å². The van der Waals surface area contributed by atoms with Crippen LogP contribution < -0.4 is 14.4 Å². The maximum atomic E-state index is 13.3. The number of carbonyl (C=O) groups is 1. The van der Waals surface area contributed by atoms with Gasteiger partial charge in [-0.3, -0.25) is 9.69 Å². The van der Waals surface area contributed by atoms with Gasteiger partial charge in [0.15, 0.2) is 4.32 Å². The lowest BCUT2D eigenvalue weighted by molar-refractivity contribution is -0.113. The number of rotatable bonds is 6. The van der Waals surface area contributed by atoms with Crippen molar-refractivity contribution in [3.05, 3.63) is 88.9 Å². The zero-order chi connectivity index (χ0) is 23.5. The van der Waals surface area contributed by atoms with Crippen molar-refractivity contribution < 1.29 is 14.3 Å². The van der Waals surface area contributed by atoms with Crippen molar-refractivity contribution in [3.63, 3.8) is 0 Å². The van der Waals surface area contributed by atoms with Crippen LogP contribution in [-0.2, 0) is 11.4 Å². The molecule has 9 heteroatoms. The molecule has 0 unspecified atom stereocenters. The molecule has 1 heterocycles. The van der Waals surface area contributed by atoms with Crippen LogP contribution in [0.1, 0.15) is 11.1 Å². The molecule has 1 aliphatic rings. The summed E-state index contributed by atoms with van der Waals surface area (Å²) >= 11 is 17.6. The van der Waals surface area contributed by atoms with Crippen LogP contribution in [-0.4, -0.2) is 17.3 Å². The van der Waals surface area contributed by atoms with Gasteiger partial charge in [0, 0.05) is 9.13 Å². The van der Waals surface area contributed by atoms with Gasteiger partial charge in [0.2, 0.25) is 0 Å². The third kappa shape index (κ3) is 5.67. The Kier molecular flexibility index (Phi) is 8.21. The van der Waals surface area contributed by atoms with E-state index >= 15 is 0 Å². The van der Waals surface area contributed by atoms with Crippen molar-refractivity contribution in [2.45, 2.75) is 6.61 Å². The Bertz CT molecular complexity index is 1270. The lowest BCUT2D eigenvalue weighted by atomic mass is 10.1. The number of hydrogen-bond donors (Lipinski definition) is 0. The summed E-state index contributed by atoms with van der Waals surface area (Å²) in [6.45, 7) is 0.434. The highest BCUT2D eigenvalue weighted by Crippen LogP contribution is 2.40. The average molecular weight is 720 g/mol. The molecule has 3 aromatic carbocycles. The number of thioether (sulfide) groups is 1. The quantitative estimate of drug-likeness (QED) is 0.150. The predicted molar refractivity (Wildman–Crippen MR) is 156 cm³/mol. The molecule has 4 rings (SSSR count). The molecule has 0 spiro atoms. The first-order chi connectivity index (χ1) is 15.9. The number of thiocarbonyl (C=S) groups is 1. The average Bonchev–Trinajstić information content (AvgIpc) is 3.06. The minimum absolute atomic E-state index is 0.200. The van der Waals surface area contributed by atoms with Crippen molar-refractivity contribution in [1.29, 1.82) is 0 Å². The lowest BCUT2D eigenvalue weighted by Crippen LogP contribution is -2.27. The number of benzene rings is 3. The molecule has 0 radical (unpaired) electrons. The number of hydrogen-bond acceptors (Lipinski definition) is 5. The number of anilines is 1. The van der Waals surface area contributed by atoms with E-state index in [1.807, 2.05) is 48.5 Å². The minimum atomic E-state index is -0.200. The highest BCUT2D eigenvalue weighted by molar-refractivity contribution is 14.1. The molecule has 0 N–H and O–H groups in total. The van der Waals surface area contributed by atoms with E-state index < -0.39 is 0 Å². The second-order valence-corrected chi connectivity index (χ2v) is 11.4. The third-order valence-corrected chi connectivity index (χ3v) is 7.76. The summed E-state index contributed by atoms with van der Waals surface area (Å²) in [7, 11) is 1.54. The molecule has 1 aliphatic heterocycles. The Morgan fingerprint density at radius 3 is 2.58 bits per heavy atom. The summed E-state index contributed by atoms with van der Waals surface area (Å²) < 4.78 is 13.9. The molecular formula is C24H16ClI2NO3S2. The monoisotopic (exact) mass is 719 g/mol. The van der Waals surface area contributed by atoms with Crippen LogP contribution in [0.2, 0.25) is 5.02 Å². The maximum absolute atomic E-state index is 13.3. The molecule has 1 amide bonds. The van der Waals surface area contributed by atoms with Crippen LogP contribution in [0.15, 0.2) is 65.6 Å². The molecule has 1 saturated heterocycles. The van der Waals surface area contributed by atoms with Gasteiger partial charge in [0.25, 0.3) is 5.91 Å². The number of ether oxygens (including phenoxy) is 2. The van der Waals surface area contributed by atoms with Gasteiger partial charge < -0.3 is 9.47 Å². The maximum Gasteiger partial charge on any atom is 0.270 e. The third-order valence-electron chi connectivity index (χ3n) is 4.74. The zero-order valence-electron chi connectivity index (χ0n) is 17.2. The van der Waals surface area contributed by atoms with Crippen LogP contribution in [0.4, 0.5) is 5.69 Å². The zero-order valence-corrected chi connectivity index (χ0v) is 23.9. The molecule has 0 saturated carbocycles. The molecule has 33 heavy (non-hydrogen) atoms. The van der Waals surface area contributed by atoms with Crippen molar-refractivity contribution in [2.75, 3.05) is 12.0 Å². The second-order valence-electron chi connectivity index (χ2n) is 6.92. The number of methoxy groups -OCH3 is 1. The minimum Gasteiger partial charge on any atom is -0.495 e. The fourth-order valence-corrected chi connectivity index (χ4v) is 6.78. The topological polar surface area (TPSA) is 38.8 Å². The smallest absolute Gasteiger partial charge is 0.270 e. The van der Waals surface area contributed by atoms with Gasteiger partial charge in [-0.05, 0) is 87.2 Å². The van der Waals surface area contributed by atoms with E-state index in [1.54, 1.807) is 25.3 Å². The Hall–Kier alpha value is -1.34. The lowest BCUT2D eigenvalue weighted by Gasteiger charge is -2.16. The van der Waals surface area contributed by atoms with E-state index in [-0.39, 0.29) is 5.91 Å². The van der Waals surface area contributed by atoms with E-state index in [4.69, 9.17) is 33.3 Å². The van der Waals surface area contributed by atoms with Crippen LogP contribution in [0.25, 0.3) is 6.08 Å². The van der Waals surface area contributed by atoms with Crippen LogP contribution >= 0.6 is 80.8 Å². The van der Waals surface area contributed by atoms with Crippen LogP contribution in [0, 0.1) is 7.14 Å². The second kappa shape index (κ2) is 10.9. The highest BCUT2D eigenvalue weighted by atomic mass is 127. The molecular weight excluding hydrogens is 704 g/mol. The summed E-state index contributed by atoms with van der Waals surface area (Å²) in [5.41, 5.74) is 2.50. The van der Waals surface area contributed by atoms with Crippen LogP contribution in [0.5, 0.6) is 11.5 Å². The SMILES string of the molecule is COc1ccc(N2C(=O)/C(=C\c3cc(I)cc(I)c3OCc3ccccc3)SC2=S)cc1Cl. The Morgan fingerprint density at radius 2 is 1.88 bits per heavy atom. The van der Waals surface area contributed by atoms with Gasteiger partial charge in [-0.25, -0.2) is 0 Å². The number of carbonyl (C=O) groups excluding carboxylic acids is 1. The number of amides is 1. The molecule has 0 atom stereocenters. The van der Waals surface area contributed by atoms with Gasteiger partial charge in [-0.15, -0.1) is 0 Å². The number of nitrogens with zero attached hydrogens (tertiary/aromatic N) is 1. The van der Waals surface area contributed by atoms with E-state index in [0.717, 1.165) is 24.0 Å². The summed E-state index contributed by atoms with van der Waals surface area (Å²) in [6, 6.07) is 19.2. The van der Waals surface area contributed by atoms with Gasteiger partial charge in [0.05, 0.1) is 26.3 Å².